The van der Waals surface area contributed by atoms with Crippen molar-refractivity contribution in [1.29, 1.82) is 0 Å². The Balaban J connectivity index is 2.08. The number of ketones is 1. The molecule has 0 unspecified atom stereocenters. The molecule has 0 amide bonds. The minimum absolute atomic E-state index is 0.203. The van der Waals surface area contributed by atoms with Crippen molar-refractivity contribution in [3.8, 4) is 11.3 Å². The number of H-pyrrole nitrogens is 1. The van der Waals surface area contributed by atoms with Gasteiger partial charge in [-0.2, -0.15) is 0 Å². The van der Waals surface area contributed by atoms with Crippen molar-refractivity contribution >= 4 is 16.7 Å². The van der Waals surface area contributed by atoms with Crippen LogP contribution in [0.5, 0.6) is 0 Å². The number of carbonyl (C=O) groups is 1. The van der Waals surface area contributed by atoms with Gasteiger partial charge in [0.15, 0.2) is 5.78 Å². The van der Waals surface area contributed by atoms with Gasteiger partial charge < -0.3 is 9.47 Å². The number of benzene rings is 2. The Morgan fingerprint density at radius 3 is 2.30 bits per heavy atom. The molecule has 1 heterocycles. The molecule has 0 spiro atoms. The molecular weight excluding hydrogens is 284 g/mol. The molecule has 23 heavy (non-hydrogen) atoms. The topological polar surface area (TPSA) is 32.9 Å². The van der Waals surface area contributed by atoms with Crippen LogP contribution in [0.4, 0.5) is 0 Å². The molecule has 0 aliphatic rings. The number of para-hydroxylation sites is 1. The fourth-order valence-corrected chi connectivity index (χ4v) is 2.81. The summed E-state index contributed by atoms with van der Waals surface area (Å²) in [6.07, 6.45) is 0.547. The van der Waals surface area contributed by atoms with Crippen LogP contribution in [0.2, 0.25) is 0 Å². The number of hydrogen-bond donors (Lipinski definition) is 1. The van der Waals surface area contributed by atoms with E-state index in [0.717, 1.165) is 38.8 Å². The van der Waals surface area contributed by atoms with Crippen LogP contribution in [0.1, 0.15) is 16.8 Å². The minimum Gasteiger partial charge on any atom is -0.354 e. The first kappa shape index (κ1) is 15.5. The van der Waals surface area contributed by atoms with Crippen LogP contribution in [0.25, 0.3) is 22.2 Å². The van der Waals surface area contributed by atoms with Gasteiger partial charge in [0.1, 0.15) is 0 Å². The summed E-state index contributed by atoms with van der Waals surface area (Å²) < 4.78 is 0.786. The maximum Gasteiger partial charge on any atom is 0.171 e. The molecule has 0 fully saturated rings. The molecule has 0 aliphatic carbocycles. The molecule has 3 nitrogen and oxygen atoms in total. The minimum atomic E-state index is 0.203. The van der Waals surface area contributed by atoms with E-state index in [-0.39, 0.29) is 5.78 Å². The average Bonchev–Trinajstić information content (AvgIpc) is 2.92. The number of fused-ring (bicyclic) bond motifs is 1. The molecular formula is C20H23N2O+. The van der Waals surface area contributed by atoms with E-state index in [1.807, 2.05) is 54.6 Å². The van der Waals surface area contributed by atoms with Crippen molar-refractivity contribution in [3.63, 3.8) is 0 Å². The number of nitrogens with one attached hydrogen (secondary N) is 1. The van der Waals surface area contributed by atoms with Gasteiger partial charge in [-0.05, 0) is 11.6 Å². The maximum atomic E-state index is 12.9. The van der Waals surface area contributed by atoms with Crippen LogP contribution in [0.3, 0.4) is 0 Å². The van der Waals surface area contributed by atoms with Crippen molar-refractivity contribution in [2.24, 2.45) is 0 Å². The number of carbonyl (C=O) groups excluding carboxylic acids is 1. The van der Waals surface area contributed by atoms with E-state index in [9.17, 15) is 4.79 Å². The van der Waals surface area contributed by atoms with E-state index in [1.165, 1.54) is 0 Å². The largest absolute Gasteiger partial charge is 0.354 e. The number of Topliss-reactive ketones (excluding diaryl/α,β-unsaturated/α-hetero) is 1. The van der Waals surface area contributed by atoms with E-state index >= 15 is 0 Å². The van der Waals surface area contributed by atoms with Crippen LogP contribution in [-0.4, -0.2) is 42.9 Å². The Morgan fingerprint density at radius 1 is 0.957 bits per heavy atom. The Kier molecular flexibility index (Phi) is 4.05. The summed E-state index contributed by atoms with van der Waals surface area (Å²) >= 11 is 0. The lowest BCUT2D eigenvalue weighted by Crippen LogP contribution is -2.36. The third-order valence-corrected chi connectivity index (χ3v) is 4.06. The zero-order valence-electron chi connectivity index (χ0n) is 14.0. The van der Waals surface area contributed by atoms with Crippen LogP contribution in [0, 0.1) is 0 Å². The van der Waals surface area contributed by atoms with Gasteiger partial charge in [0.25, 0.3) is 0 Å². The van der Waals surface area contributed by atoms with E-state index < -0.39 is 0 Å². The second-order valence-electron chi connectivity index (χ2n) is 6.97. The van der Waals surface area contributed by atoms with Crippen LogP contribution in [-0.2, 0) is 0 Å². The molecule has 3 heteroatoms. The first-order valence-electron chi connectivity index (χ1n) is 7.95. The standard InChI is InChI=1S/C20H22N2O/c1-22(2,3)14-13-18(23)19-16-11-7-8-12-17(16)21-20(19)15-9-5-4-6-10-15/h4-12H,13-14H2,1-3H3/p+1. The highest BCUT2D eigenvalue weighted by atomic mass is 16.1. The number of aromatic nitrogens is 1. The predicted octanol–water partition coefficient (Wildman–Crippen LogP) is 4.11. The highest BCUT2D eigenvalue weighted by Gasteiger charge is 2.21. The number of nitrogens with zero attached hydrogens (tertiary/aromatic N) is 1. The van der Waals surface area contributed by atoms with E-state index in [4.69, 9.17) is 0 Å². The molecule has 3 aromatic rings. The van der Waals surface area contributed by atoms with Gasteiger partial charge in [0.05, 0.1) is 45.4 Å². The highest BCUT2D eigenvalue weighted by Crippen LogP contribution is 2.31. The summed E-state index contributed by atoms with van der Waals surface area (Å²) in [5, 5.41) is 1.01. The number of rotatable bonds is 5. The molecule has 1 aromatic heterocycles. The van der Waals surface area contributed by atoms with Gasteiger partial charge >= 0.3 is 0 Å². The normalized spacial score (nSPS) is 11.8. The number of aromatic amines is 1. The molecule has 2 aromatic carbocycles. The Labute approximate surface area is 137 Å². The van der Waals surface area contributed by atoms with Gasteiger partial charge in [-0.15, -0.1) is 0 Å². The summed E-state index contributed by atoms with van der Waals surface area (Å²) in [5.41, 5.74) is 3.82. The van der Waals surface area contributed by atoms with Crippen LogP contribution < -0.4 is 0 Å². The van der Waals surface area contributed by atoms with Crippen molar-refractivity contribution in [3.05, 3.63) is 60.2 Å². The van der Waals surface area contributed by atoms with Gasteiger partial charge in [0, 0.05) is 10.9 Å². The zero-order chi connectivity index (χ0) is 16.4. The Morgan fingerprint density at radius 2 is 1.61 bits per heavy atom. The van der Waals surface area contributed by atoms with E-state index in [2.05, 4.69) is 26.1 Å². The van der Waals surface area contributed by atoms with Crippen molar-refractivity contribution < 1.29 is 9.28 Å². The molecule has 0 saturated heterocycles. The second-order valence-corrected chi connectivity index (χ2v) is 6.97. The summed E-state index contributed by atoms with van der Waals surface area (Å²) in [4.78, 5) is 16.4. The fourth-order valence-electron chi connectivity index (χ4n) is 2.81. The summed E-state index contributed by atoms with van der Waals surface area (Å²) in [7, 11) is 6.34. The molecule has 3 rings (SSSR count). The predicted molar refractivity (Wildman–Crippen MR) is 95.6 cm³/mol. The lowest BCUT2D eigenvalue weighted by molar-refractivity contribution is -0.869. The van der Waals surface area contributed by atoms with Crippen molar-refractivity contribution in [1.82, 2.24) is 4.98 Å². The summed E-state index contributed by atoms with van der Waals surface area (Å²) in [5.74, 6) is 0.203. The molecule has 1 N–H and O–H groups in total. The van der Waals surface area contributed by atoms with E-state index in [0.29, 0.717) is 6.42 Å². The number of hydrogen-bond acceptors (Lipinski definition) is 1. The number of quaternary nitrogens is 1. The SMILES string of the molecule is C[N+](C)(C)CCC(=O)c1c(-c2ccccc2)[nH]c2ccccc12. The molecule has 0 atom stereocenters. The molecule has 118 valence electrons. The monoisotopic (exact) mass is 307 g/mol. The van der Waals surface area contributed by atoms with Gasteiger partial charge in [-0.3, -0.25) is 4.79 Å². The first-order chi connectivity index (χ1) is 11.0. The first-order valence-corrected chi connectivity index (χ1v) is 7.95. The maximum absolute atomic E-state index is 12.9. The second kappa shape index (κ2) is 6.01. The Bertz CT molecular complexity index is 826. The molecule has 0 bridgehead atoms. The quantitative estimate of drug-likeness (QED) is 0.558. The van der Waals surface area contributed by atoms with Crippen molar-refractivity contribution in [2.75, 3.05) is 27.7 Å². The molecule has 0 radical (unpaired) electrons. The average molecular weight is 307 g/mol. The smallest absolute Gasteiger partial charge is 0.171 e. The van der Waals surface area contributed by atoms with Crippen LogP contribution in [0.15, 0.2) is 54.6 Å². The third kappa shape index (κ3) is 3.35. The summed E-state index contributed by atoms with van der Waals surface area (Å²) in [6.45, 7) is 0.826. The summed E-state index contributed by atoms with van der Waals surface area (Å²) in [6, 6.07) is 18.1. The highest BCUT2D eigenvalue weighted by molar-refractivity contribution is 6.13. The molecule has 0 aliphatic heterocycles. The van der Waals surface area contributed by atoms with Gasteiger partial charge in [0.2, 0.25) is 0 Å². The molecule has 0 saturated carbocycles. The fraction of sp³-hybridized carbons (Fsp3) is 0.250. The lowest BCUT2D eigenvalue weighted by atomic mass is 10.00. The van der Waals surface area contributed by atoms with E-state index in [1.54, 1.807) is 0 Å². The zero-order valence-corrected chi connectivity index (χ0v) is 14.0. The van der Waals surface area contributed by atoms with Crippen LogP contribution >= 0.6 is 0 Å². The van der Waals surface area contributed by atoms with Crippen molar-refractivity contribution in [2.45, 2.75) is 6.42 Å². The van der Waals surface area contributed by atoms with Gasteiger partial charge in [-0.1, -0.05) is 48.5 Å². The van der Waals surface area contributed by atoms with Gasteiger partial charge in [-0.25, -0.2) is 0 Å². The lowest BCUT2D eigenvalue weighted by Gasteiger charge is -2.23. The Hall–Kier alpha value is -2.39. The third-order valence-electron chi connectivity index (χ3n) is 4.06.